The van der Waals surface area contributed by atoms with Gasteiger partial charge in [0, 0.05) is 21.8 Å². The second kappa shape index (κ2) is 8.78. The molecule has 0 saturated carbocycles. The van der Waals surface area contributed by atoms with Crippen molar-refractivity contribution in [3.8, 4) is 5.75 Å². The quantitative estimate of drug-likeness (QED) is 0.442. The highest BCUT2D eigenvalue weighted by Gasteiger charge is 2.56. The number of rotatable bonds is 5. The van der Waals surface area contributed by atoms with Crippen LogP contribution < -0.4 is 15.4 Å². The van der Waals surface area contributed by atoms with Crippen molar-refractivity contribution in [2.45, 2.75) is 38.0 Å². The summed E-state index contributed by atoms with van der Waals surface area (Å²) in [5, 5.41) is 18.7. The molecule has 0 spiro atoms. The van der Waals surface area contributed by atoms with Gasteiger partial charge in [-0.05, 0) is 68.4 Å². The molecule has 1 heterocycles. The average Bonchev–Trinajstić information content (AvgIpc) is 2.76. The van der Waals surface area contributed by atoms with Crippen LogP contribution in [0.2, 0.25) is 5.02 Å². The first-order valence-electron chi connectivity index (χ1n) is 10.8. The molecule has 0 fully saturated rings. The summed E-state index contributed by atoms with van der Waals surface area (Å²) >= 11 is 6.23. The Morgan fingerprint density at radius 1 is 1.09 bits per heavy atom. The van der Waals surface area contributed by atoms with E-state index in [4.69, 9.17) is 16.3 Å². The Morgan fingerprint density at radius 3 is 2.48 bits per heavy atom. The summed E-state index contributed by atoms with van der Waals surface area (Å²) < 4.78 is 19.5. The summed E-state index contributed by atoms with van der Waals surface area (Å²) in [5.41, 5.74) is -0.222. The lowest BCUT2D eigenvalue weighted by Crippen LogP contribution is -2.68. The van der Waals surface area contributed by atoms with Crippen LogP contribution in [-0.2, 0) is 0 Å². The zero-order valence-corrected chi connectivity index (χ0v) is 19.4. The lowest BCUT2D eigenvalue weighted by Gasteiger charge is -2.52. The highest BCUT2D eigenvalue weighted by molar-refractivity contribution is 6.30. The van der Waals surface area contributed by atoms with Crippen LogP contribution in [0, 0.1) is 5.82 Å². The number of benzene rings is 3. The lowest BCUT2D eigenvalue weighted by atomic mass is 9.72. The Labute approximate surface area is 197 Å². The minimum Gasteiger partial charge on any atom is -0.483 e. The number of halogens is 2. The summed E-state index contributed by atoms with van der Waals surface area (Å²) in [4.78, 5) is 12.9. The first-order valence-corrected chi connectivity index (χ1v) is 11.2. The average molecular weight is 469 g/mol. The van der Waals surface area contributed by atoms with Crippen LogP contribution in [0.15, 0.2) is 66.7 Å². The number of aliphatic hydroxyl groups is 1. The van der Waals surface area contributed by atoms with Gasteiger partial charge in [-0.1, -0.05) is 42.8 Å². The Hall–Kier alpha value is -2.93. The molecule has 4 rings (SSSR count). The Kier molecular flexibility index (Phi) is 6.18. The van der Waals surface area contributed by atoms with Gasteiger partial charge in [0.15, 0.2) is 5.72 Å². The molecule has 0 radical (unpaired) electrons. The molecular formula is C26H26ClFN2O3. The van der Waals surface area contributed by atoms with Gasteiger partial charge in [0.1, 0.15) is 17.2 Å². The van der Waals surface area contributed by atoms with Crippen molar-refractivity contribution in [3.05, 3.63) is 94.3 Å². The minimum atomic E-state index is -1.50. The number of ether oxygens (including phenoxy) is 1. The summed E-state index contributed by atoms with van der Waals surface area (Å²) in [6, 6.07) is 18.0. The Bertz CT molecular complexity index is 1180. The van der Waals surface area contributed by atoms with Gasteiger partial charge in [-0.2, -0.15) is 0 Å². The molecule has 0 aliphatic carbocycles. The van der Waals surface area contributed by atoms with E-state index in [0.717, 1.165) is 5.56 Å². The van der Waals surface area contributed by atoms with E-state index < -0.39 is 23.1 Å². The standard InChI is InChI=1S/C26H26ClFN2O3/c1-4-29-26(32)23(20-14-11-17(27)15-22(20)33-25(26,2)3)19-7-5-6-8-21(19)30-24(31)16-9-12-18(28)13-10-16/h5-15,23,29,32H,4H2,1-3H3,(H,30,31). The molecule has 2 unspecified atom stereocenters. The van der Waals surface area contributed by atoms with Gasteiger partial charge in [-0.3, -0.25) is 10.1 Å². The number of likely N-dealkylation sites (N-methyl/N-ethyl adjacent to an activating group) is 1. The van der Waals surface area contributed by atoms with Gasteiger partial charge in [0.25, 0.3) is 5.91 Å². The molecule has 172 valence electrons. The van der Waals surface area contributed by atoms with Crippen molar-refractivity contribution in [2.24, 2.45) is 0 Å². The molecule has 5 nitrogen and oxygen atoms in total. The molecule has 0 aromatic heterocycles. The Balaban J connectivity index is 1.84. The van der Waals surface area contributed by atoms with Crippen molar-refractivity contribution < 1.29 is 19.0 Å². The summed E-state index contributed by atoms with van der Waals surface area (Å²) in [7, 11) is 0. The summed E-state index contributed by atoms with van der Waals surface area (Å²) in [6.45, 7) is 6.02. The molecule has 3 N–H and O–H groups in total. The van der Waals surface area contributed by atoms with Crippen LogP contribution in [0.25, 0.3) is 0 Å². The molecule has 7 heteroatoms. The van der Waals surface area contributed by atoms with E-state index in [1.54, 1.807) is 18.2 Å². The number of carbonyl (C=O) groups excluding carboxylic acids is 1. The zero-order chi connectivity index (χ0) is 23.8. The number of fused-ring (bicyclic) bond motifs is 1. The molecule has 1 amide bonds. The predicted molar refractivity (Wildman–Crippen MR) is 127 cm³/mol. The molecular weight excluding hydrogens is 443 g/mol. The third-order valence-electron chi connectivity index (χ3n) is 6.06. The highest BCUT2D eigenvalue weighted by atomic mass is 35.5. The smallest absolute Gasteiger partial charge is 0.255 e. The van der Waals surface area contributed by atoms with E-state index in [0.29, 0.717) is 34.1 Å². The van der Waals surface area contributed by atoms with E-state index >= 15 is 0 Å². The number of hydrogen-bond acceptors (Lipinski definition) is 4. The monoisotopic (exact) mass is 468 g/mol. The maximum atomic E-state index is 13.3. The predicted octanol–water partition coefficient (Wildman–Crippen LogP) is 5.33. The van der Waals surface area contributed by atoms with Crippen LogP contribution in [0.5, 0.6) is 5.75 Å². The van der Waals surface area contributed by atoms with Gasteiger partial charge in [0.05, 0.1) is 5.92 Å². The molecule has 3 aromatic rings. The minimum absolute atomic E-state index is 0.327. The molecule has 0 bridgehead atoms. The van der Waals surface area contributed by atoms with Gasteiger partial charge in [-0.25, -0.2) is 4.39 Å². The first-order chi connectivity index (χ1) is 15.7. The number of para-hydroxylation sites is 1. The van der Waals surface area contributed by atoms with Crippen molar-refractivity contribution in [2.75, 3.05) is 11.9 Å². The molecule has 33 heavy (non-hydrogen) atoms. The normalized spacial score (nSPS) is 21.1. The van der Waals surface area contributed by atoms with Gasteiger partial charge >= 0.3 is 0 Å². The van der Waals surface area contributed by atoms with Gasteiger partial charge < -0.3 is 15.2 Å². The fourth-order valence-electron chi connectivity index (χ4n) is 4.40. The number of carbonyl (C=O) groups is 1. The van der Waals surface area contributed by atoms with E-state index in [-0.39, 0.29) is 5.91 Å². The van der Waals surface area contributed by atoms with Crippen LogP contribution in [-0.4, -0.2) is 28.9 Å². The zero-order valence-electron chi connectivity index (χ0n) is 18.7. The fourth-order valence-corrected chi connectivity index (χ4v) is 4.56. The van der Waals surface area contributed by atoms with E-state index in [2.05, 4.69) is 10.6 Å². The number of amides is 1. The van der Waals surface area contributed by atoms with Crippen molar-refractivity contribution in [3.63, 3.8) is 0 Å². The van der Waals surface area contributed by atoms with Crippen molar-refractivity contribution in [1.82, 2.24) is 5.32 Å². The van der Waals surface area contributed by atoms with Gasteiger partial charge in [-0.15, -0.1) is 0 Å². The van der Waals surface area contributed by atoms with Crippen molar-refractivity contribution in [1.29, 1.82) is 0 Å². The third-order valence-corrected chi connectivity index (χ3v) is 6.30. The van der Waals surface area contributed by atoms with Crippen molar-refractivity contribution >= 4 is 23.2 Å². The Morgan fingerprint density at radius 2 is 1.79 bits per heavy atom. The number of hydrogen-bond donors (Lipinski definition) is 3. The van der Waals surface area contributed by atoms with Crippen LogP contribution in [0.3, 0.4) is 0 Å². The maximum absolute atomic E-state index is 13.3. The molecule has 1 aliphatic heterocycles. The molecule has 3 aromatic carbocycles. The van der Waals surface area contributed by atoms with Crippen LogP contribution in [0.4, 0.5) is 10.1 Å². The topological polar surface area (TPSA) is 70.6 Å². The fraction of sp³-hybridized carbons (Fsp3) is 0.269. The maximum Gasteiger partial charge on any atom is 0.255 e. The van der Waals surface area contributed by atoms with E-state index in [1.807, 2.05) is 45.0 Å². The summed E-state index contributed by atoms with van der Waals surface area (Å²) in [6.07, 6.45) is 0. The van der Waals surface area contributed by atoms with E-state index in [1.165, 1.54) is 24.3 Å². The first kappa shape index (κ1) is 23.2. The third kappa shape index (κ3) is 4.22. The summed E-state index contributed by atoms with van der Waals surface area (Å²) in [5.74, 6) is -0.808. The second-order valence-electron chi connectivity index (χ2n) is 8.57. The molecule has 1 aliphatic rings. The lowest BCUT2D eigenvalue weighted by molar-refractivity contribution is -0.157. The van der Waals surface area contributed by atoms with Crippen LogP contribution >= 0.6 is 11.6 Å². The largest absolute Gasteiger partial charge is 0.483 e. The number of nitrogens with one attached hydrogen (secondary N) is 2. The van der Waals surface area contributed by atoms with E-state index in [9.17, 15) is 14.3 Å². The van der Waals surface area contributed by atoms with Gasteiger partial charge in [0.2, 0.25) is 0 Å². The molecule has 0 saturated heterocycles. The van der Waals surface area contributed by atoms with Crippen LogP contribution in [0.1, 0.15) is 48.2 Å². The SMILES string of the molecule is CCNC1(O)C(c2ccccc2NC(=O)c2ccc(F)cc2)c2ccc(Cl)cc2OC1(C)C. The number of anilines is 1. The second-order valence-corrected chi connectivity index (χ2v) is 9.01. The molecule has 2 atom stereocenters. The highest BCUT2D eigenvalue weighted by Crippen LogP contribution is 2.51.